The predicted octanol–water partition coefficient (Wildman–Crippen LogP) is 3.57. The molecule has 0 N–H and O–H groups in total. The second kappa shape index (κ2) is 5.24. The average Bonchev–Trinajstić information content (AvgIpc) is 2.57. The zero-order chi connectivity index (χ0) is 13.3. The third-order valence-electron chi connectivity index (χ3n) is 2.76. The quantitative estimate of drug-likeness (QED) is 0.808. The van der Waals surface area contributed by atoms with E-state index in [4.69, 9.17) is 11.6 Å². The number of aromatic nitrogens is 2. The van der Waals surface area contributed by atoms with Crippen LogP contribution in [0.2, 0.25) is 5.02 Å². The number of rotatable bonds is 3. The number of benzene rings is 1. The van der Waals surface area contributed by atoms with Crippen LogP contribution in [0.3, 0.4) is 0 Å². The first-order valence-electron chi connectivity index (χ1n) is 5.45. The second-order valence-corrected chi connectivity index (χ2v) is 5.31. The summed E-state index contributed by atoms with van der Waals surface area (Å²) in [5.41, 5.74) is 2.43. The highest BCUT2D eigenvalue weighted by atomic mass is 79.9. The molecule has 0 fully saturated rings. The number of Topliss-reactive ketones (excluding diaryl/α,β-unsaturated/α-hetero) is 1. The molecule has 0 radical (unpaired) electrons. The number of carbonyl (C=O) groups is 1. The number of carbonyl (C=O) groups excluding carboxylic acids is 1. The Hall–Kier alpha value is -1.13. The fourth-order valence-electron chi connectivity index (χ4n) is 1.76. The largest absolute Gasteiger partial charge is 0.294 e. The van der Waals surface area contributed by atoms with Crippen molar-refractivity contribution in [1.82, 2.24) is 9.78 Å². The minimum absolute atomic E-state index is 0.0513. The molecule has 0 bridgehead atoms. The highest BCUT2D eigenvalue weighted by Gasteiger charge is 2.15. The summed E-state index contributed by atoms with van der Waals surface area (Å²) in [4.78, 5) is 12.1. The molecule has 0 aliphatic rings. The predicted molar refractivity (Wildman–Crippen MR) is 75.1 cm³/mol. The average molecular weight is 328 g/mol. The van der Waals surface area contributed by atoms with Crippen molar-refractivity contribution in [2.24, 2.45) is 7.05 Å². The lowest BCUT2D eigenvalue weighted by Crippen LogP contribution is -2.08. The molecule has 2 rings (SSSR count). The van der Waals surface area contributed by atoms with Crippen molar-refractivity contribution in [3.05, 3.63) is 50.7 Å². The highest BCUT2D eigenvalue weighted by Crippen LogP contribution is 2.22. The van der Waals surface area contributed by atoms with Crippen LogP contribution in [0.25, 0.3) is 0 Å². The maximum absolute atomic E-state index is 12.1. The van der Waals surface area contributed by atoms with Crippen molar-refractivity contribution < 1.29 is 4.79 Å². The number of ketones is 1. The van der Waals surface area contributed by atoms with Crippen molar-refractivity contribution >= 4 is 33.3 Å². The van der Waals surface area contributed by atoms with Gasteiger partial charge in [-0.3, -0.25) is 9.48 Å². The zero-order valence-corrected chi connectivity index (χ0v) is 12.4. The van der Waals surface area contributed by atoms with E-state index in [0.29, 0.717) is 17.0 Å². The molecule has 3 nitrogen and oxygen atoms in total. The minimum atomic E-state index is 0.0513. The van der Waals surface area contributed by atoms with Gasteiger partial charge in [0.15, 0.2) is 5.78 Å². The molecule has 0 amide bonds. The Labute approximate surface area is 119 Å². The van der Waals surface area contributed by atoms with E-state index in [1.165, 1.54) is 0 Å². The molecule has 0 saturated heterocycles. The van der Waals surface area contributed by atoms with Gasteiger partial charge in [0.2, 0.25) is 0 Å². The monoisotopic (exact) mass is 326 g/mol. The van der Waals surface area contributed by atoms with Crippen molar-refractivity contribution in [3.63, 3.8) is 0 Å². The van der Waals surface area contributed by atoms with E-state index in [1.54, 1.807) is 28.9 Å². The Morgan fingerprint density at radius 3 is 2.50 bits per heavy atom. The molecule has 18 heavy (non-hydrogen) atoms. The maximum Gasteiger partial charge on any atom is 0.168 e. The fraction of sp³-hybridized carbons (Fsp3) is 0.231. The van der Waals surface area contributed by atoms with E-state index in [-0.39, 0.29) is 5.78 Å². The molecule has 1 aromatic carbocycles. The van der Waals surface area contributed by atoms with Gasteiger partial charge in [-0.15, -0.1) is 0 Å². The van der Waals surface area contributed by atoms with E-state index in [9.17, 15) is 4.79 Å². The molecule has 0 spiro atoms. The van der Waals surface area contributed by atoms with E-state index in [2.05, 4.69) is 21.0 Å². The van der Waals surface area contributed by atoms with Crippen molar-refractivity contribution in [1.29, 1.82) is 0 Å². The number of hydrogen-bond donors (Lipinski definition) is 0. The van der Waals surface area contributed by atoms with Crippen LogP contribution < -0.4 is 0 Å². The number of halogens is 2. The van der Waals surface area contributed by atoms with Crippen LogP contribution in [0.15, 0.2) is 28.7 Å². The van der Waals surface area contributed by atoms with Gasteiger partial charge in [-0.05, 0) is 47.1 Å². The van der Waals surface area contributed by atoms with Gasteiger partial charge < -0.3 is 0 Å². The van der Waals surface area contributed by atoms with E-state index in [0.717, 1.165) is 15.9 Å². The number of hydrogen-bond acceptors (Lipinski definition) is 2. The van der Waals surface area contributed by atoms with Gasteiger partial charge in [0.25, 0.3) is 0 Å². The first-order valence-corrected chi connectivity index (χ1v) is 6.63. The van der Waals surface area contributed by atoms with Crippen LogP contribution in [-0.4, -0.2) is 15.6 Å². The van der Waals surface area contributed by atoms with Gasteiger partial charge >= 0.3 is 0 Å². The van der Waals surface area contributed by atoms with Gasteiger partial charge in [-0.25, -0.2) is 0 Å². The van der Waals surface area contributed by atoms with Crippen molar-refractivity contribution in [3.8, 4) is 0 Å². The standard InChI is InChI=1S/C13H12BrClN2O/c1-8-13(14)11(17(2)16-8)7-12(18)9-3-5-10(15)6-4-9/h3-6H,7H2,1-2H3. The number of nitrogens with zero attached hydrogens (tertiary/aromatic N) is 2. The molecule has 94 valence electrons. The third kappa shape index (κ3) is 2.65. The topological polar surface area (TPSA) is 34.9 Å². The summed E-state index contributed by atoms with van der Waals surface area (Å²) in [6.45, 7) is 1.90. The third-order valence-corrected chi connectivity index (χ3v) is 4.04. The lowest BCUT2D eigenvalue weighted by Gasteiger charge is -2.03. The van der Waals surface area contributed by atoms with Crippen LogP contribution in [0.5, 0.6) is 0 Å². The molecule has 0 unspecified atom stereocenters. The van der Waals surface area contributed by atoms with Gasteiger partial charge in [-0.2, -0.15) is 5.10 Å². The SMILES string of the molecule is Cc1nn(C)c(CC(=O)c2ccc(Cl)cc2)c1Br. The molecule has 0 saturated carbocycles. The Morgan fingerprint density at radius 1 is 1.39 bits per heavy atom. The molecule has 0 atom stereocenters. The molecule has 0 aliphatic carbocycles. The highest BCUT2D eigenvalue weighted by molar-refractivity contribution is 9.10. The summed E-state index contributed by atoms with van der Waals surface area (Å²) in [7, 11) is 1.84. The van der Waals surface area contributed by atoms with Gasteiger partial charge in [0.05, 0.1) is 22.3 Å². The first-order chi connectivity index (χ1) is 8.49. The molecule has 5 heteroatoms. The Balaban J connectivity index is 2.24. The molecular weight excluding hydrogens is 316 g/mol. The lowest BCUT2D eigenvalue weighted by molar-refractivity contribution is 0.0990. The smallest absolute Gasteiger partial charge is 0.168 e. The molecular formula is C13H12BrClN2O. The summed E-state index contributed by atoms with van der Waals surface area (Å²) >= 11 is 9.25. The minimum Gasteiger partial charge on any atom is -0.294 e. The van der Waals surface area contributed by atoms with Crippen LogP contribution in [-0.2, 0) is 13.5 Å². The Bertz CT molecular complexity index is 590. The van der Waals surface area contributed by atoms with E-state index < -0.39 is 0 Å². The lowest BCUT2D eigenvalue weighted by atomic mass is 10.1. The summed E-state index contributed by atoms with van der Waals surface area (Å²) in [5, 5.41) is 4.90. The second-order valence-electron chi connectivity index (χ2n) is 4.08. The maximum atomic E-state index is 12.1. The van der Waals surface area contributed by atoms with Gasteiger partial charge in [0.1, 0.15) is 0 Å². The van der Waals surface area contributed by atoms with Crippen LogP contribution >= 0.6 is 27.5 Å². The van der Waals surface area contributed by atoms with Crippen molar-refractivity contribution in [2.45, 2.75) is 13.3 Å². The fourth-order valence-corrected chi connectivity index (χ4v) is 2.36. The summed E-state index contributed by atoms with van der Waals surface area (Å²) < 4.78 is 2.63. The van der Waals surface area contributed by atoms with E-state index in [1.807, 2.05) is 14.0 Å². The first kappa shape index (κ1) is 13.3. The summed E-state index contributed by atoms with van der Waals surface area (Å²) in [5.74, 6) is 0.0513. The normalized spacial score (nSPS) is 10.7. The van der Waals surface area contributed by atoms with Gasteiger partial charge in [-0.1, -0.05) is 11.6 Å². The summed E-state index contributed by atoms with van der Waals surface area (Å²) in [6, 6.07) is 6.92. The molecule has 2 aromatic rings. The van der Waals surface area contributed by atoms with E-state index >= 15 is 0 Å². The van der Waals surface area contributed by atoms with Crippen LogP contribution in [0.1, 0.15) is 21.7 Å². The molecule has 0 aliphatic heterocycles. The number of aryl methyl sites for hydroxylation is 2. The Morgan fingerprint density at radius 2 is 2.00 bits per heavy atom. The van der Waals surface area contributed by atoms with Crippen LogP contribution in [0, 0.1) is 6.92 Å². The molecule has 1 heterocycles. The van der Waals surface area contributed by atoms with Gasteiger partial charge in [0, 0.05) is 17.6 Å². The van der Waals surface area contributed by atoms with Crippen LogP contribution in [0.4, 0.5) is 0 Å². The Kier molecular flexibility index (Phi) is 3.88. The molecule has 1 aromatic heterocycles. The summed E-state index contributed by atoms with van der Waals surface area (Å²) in [6.07, 6.45) is 0.319. The van der Waals surface area contributed by atoms with Crippen molar-refractivity contribution in [2.75, 3.05) is 0 Å². The zero-order valence-electron chi connectivity index (χ0n) is 10.1.